The fourth-order valence-electron chi connectivity index (χ4n) is 2.62. The van der Waals surface area contributed by atoms with Crippen molar-refractivity contribution in [2.24, 2.45) is 5.92 Å². The number of amides is 1. The van der Waals surface area contributed by atoms with Gasteiger partial charge in [0.25, 0.3) is 0 Å². The number of ether oxygens (including phenoxy) is 1. The van der Waals surface area contributed by atoms with E-state index in [0.717, 1.165) is 28.6 Å². The molecule has 1 aliphatic rings. The first kappa shape index (κ1) is 17.2. The molecule has 120 valence electrons. The average Bonchev–Trinajstić information content (AvgIpc) is 2.47. The molecule has 1 aliphatic heterocycles. The Labute approximate surface area is 144 Å². The van der Waals surface area contributed by atoms with E-state index in [1.165, 1.54) is 0 Å². The molecule has 0 spiro atoms. The van der Waals surface area contributed by atoms with Crippen LogP contribution in [-0.4, -0.2) is 43.0 Å². The second-order valence-corrected chi connectivity index (χ2v) is 6.63. The number of anilines is 1. The van der Waals surface area contributed by atoms with Crippen molar-refractivity contribution in [2.45, 2.75) is 19.8 Å². The zero-order valence-electron chi connectivity index (χ0n) is 12.7. The van der Waals surface area contributed by atoms with Crippen LogP contribution in [0.1, 0.15) is 19.8 Å². The molecule has 1 saturated heterocycles. The summed E-state index contributed by atoms with van der Waals surface area (Å²) in [5.74, 6) is -0.309. The van der Waals surface area contributed by atoms with E-state index in [0.29, 0.717) is 19.7 Å². The summed E-state index contributed by atoms with van der Waals surface area (Å²) in [5.41, 5.74) is 0.802. The summed E-state index contributed by atoms with van der Waals surface area (Å²) < 4.78 is 6.16. The van der Waals surface area contributed by atoms with Gasteiger partial charge in [0, 0.05) is 15.8 Å². The summed E-state index contributed by atoms with van der Waals surface area (Å²) in [6.45, 7) is 3.96. The fourth-order valence-corrected chi connectivity index (χ4v) is 3.16. The third-order valence-electron chi connectivity index (χ3n) is 3.60. The van der Waals surface area contributed by atoms with Crippen LogP contribution in [0, 0.1) is 9.49 Å². The van der Waals surface area contributed by atoms with Crippen molar-refractivity contribution in [2.75, 3.05) is 31.6 Å². The Morgan fingerprint density at radius 1 is 1.45 bits per heavy atom. The minimum Gasteiger partial charge on any atom is -0.466 e. The van der Waals surface area contributed by atoms with E-state index in [1.807, 2.05) is 36.1 Å². The molecule has 22 heavy (non-hydrogen) atoms. The number of benzene rings is 1. The number of esters is 1. The van der Waals surface area contributed by atoms with Crippen LogP contribution in [0.25, 0.3) is 0 Å². The summed E-state index contributed by atoms with van der Waals surface area (Å²) in [4.78, 5) is 26.0. The van der Waals surface area contributed by atoms with E-state index in [1.54, 1.807) is 0 Å². The highest BCUT2D eigenvalue weighted by molar-refractivity contribution is 14.1. The van der Waals surface area contributed by atoms with Crippen LogP contribution in [0.3, 0.4) is 0 Å². The Balaban J connectivity index is 1.84. The fraction of sp³-hybridized carbons (Fsp3) is 0.500. The van der Waals surface area contributed by atoms with Crippen LogP contribution in [0.15, 0.2) is 24.3 Å². The monoisotopic (exact) mass is 416 g/mol. The predicted octanol–water partition coefficient (Wildman–Crippen LogP) is 2.50. The number of piperidine rings is 1. The topological polar surface area (TPSA) is 58.6 Å². The highest BCUT2D eigenvalue weighted by Crippen LogP contribution is 2.18. The molecular weight excluding hydrogens is 395 g/mol. The van der Waals surface area contributed by atoms with Gasteiger partial charge in [-0.1, -0.05) is 6.07 Å². The molecule has 0 saturated carbocycles. The lowest BCUT2D eigenvalue weighted by Crippen LogP contribution is -2.43. The first-order chi connectivity index (χ1) is 10.6. The van der Waals surface area contributed by atoms with Gasteiger partial charge in [0.15, 0.2) is 0 Å². The minimum atomic E-state index is -0.148. The summed E-state index contributed by atoms with van der Waals surface area (Å²) in [7, 11) is 0. The molecular formula is C16H21IN2O3. The maximum Gasteiger partial charge on any atom is 0.310 e. The molecule has 0 aromatic heterocycles. The number of nitrogens with zero attached hydrogens (tertiary/aromatic N) is 1. The molecule has 1 unspecified atom stereocenters. The number of carbonyl (C=O) groups excluding carboxylic acids is 2. The number of nitrogens with one attached hydrogen (secondary N) is 1. The Kier molecular flexibility index (Phi) is 6.63. The highest BCUT2D eigenvalue weighted by atomic mass is 127. The van der Waals surface area contributed by atoms with Crippen molar-refractivity contribution in [1.29, 1.82) is 0 Å². The highest BCUT2D eigenvalue weighted by Gasteiger charge is 2.27. The first-order valence-electron chi connectivity index (χ1n) is 7.53. The molecule has 1 fully saturated rings. The average molecular weight is 416 g/mol. The largest absolute Gasteiger partial charge is 0.466 e. The van der Waals surface area contributed by atoms with Gasteiger partial charge in [0.05, 0.1) is 19.1 Å². The van der Waals surface area contributed by atoms with Gasteiger partial charge in [-0.3, -0.25) is 14.5 Å². The number of rotatable bonds is 5. The minimum absolute atomic E-state index is 0.0495. The lowest BCUT2D eigenvalue weighted by molar-refractivity contribution is -0.150. The van der Waals surface area contributed by atoms with Crippen molar-refractivity contribution in [3.63, 3.8) is 0 Å². The lowest BCUT2D eigenvalue weighted by atomic mass is 9.98. The molecule has 1 atom stereocenters. The van der Waals surface area contributed by atoms with Gasteiger partial charge in [-0.15, -0.1) is 0 Å². The number of carbonyl (C=O) groups is 2. The molecule has 6 heteroatoms. The standard InChI is InChI=1S/C16H21IN2O3/c1-2-22-16(21)12-5-4-8-19(10-12)11-15(20)18-14-7-3-6-13(17)9-14/h3,6-7,9,12H,2,4-5,8,10-11H2,1H3,(H,18,20). The Bertz CT molecular complexity index is 536. The van der Waals surface area contributed by atoms with Crippen molar-refractivity contribution >= 4 is 40.2 Å². The summed E-state index contributed by atoms with van der Waals surface area (Å²) in [5, 5.41) is 2.90. The SMILES string of the molecule is CCOC(=O)C1CCCN(CC(=O)Nc2cccc(I)c2)C1. The Hall–Kier alpha value is -1.15. The van der Waals surface area contributed by atoms with Crippen molar-refractivity contribution in [1.82, 2.24) is 4.90 Å². The van der Waals surface area contributed by atoms with Crippen LogP contribution < -0.4 is 5.32 Å². The van der Waals surface area contributed by atoms with E-state index in [-0.39, 0.29) is 17.8 Å². The van der Waals surface area contributed by atoms with E-state index < -0.39 is 0 Å². The van der Waals surface area contributed by atoms with Gasteiger partial charge in [-0.2, -0.15) is 0 Å². The van der Waals surface area contributed by atoms with Gasteiger partial charge in [-0.25, -0.2) is 0 Å². The number of hydrogen-bond acceptors (Lipinski definition) is 4. The maximum atomic E-state index is 12.1. The smallest absolute Gasteiger partial charge is 0.310 e. The number of likely N-dealkylation sites (tertiary alicyclic amines) is 1. The second kappa shape index (κ2) is 8.47. The summed E-state index contributed by atoms with van der Waals surface area (Å²) >= 11 is 2.21. The lowest BCUT2D eigenvalue weighted by Gasteiger charge is -2.30. The van der Waals surface area contributed by atoms with Crippen molar-refractivity contribution in [3.05, 3.63) is 27.8 Å². The molecule has 1 N–H and O–H groups in total. The molecule has 0 aliphatic carbocycles. The van der Waals surface area contributed by atoms with Crippen LogP contribution >= 0.6 is 22.6 Å². The normalized spacial score (nSPS) is 18.7. The zero-order chi connectivity index (χ0) is 15.9. The van der Waals surface area contributed by atoms with Crippen LogP contribution in [0.2, 0.25) is 0 Å². The molecule has 1 heterocycles. The van der Waals surface area contributed by atoms with Gasteiger partial charge >= 0.3 is 5.97 Å². The van der Waals surface area contributed by atoms with Crippen LogP contribution in [-0.2, 0) is 14.3 Å². The molecule has 1 aromatic carbocycles. The molecule has 0 bridgehead atoms. The molecule has 2 rings (SSSR count). The van der Waals surface area contributed by atoms with Crippen molar-refractivity contribution in [3.8, 4) is 0 Å². The van der Waals surface area contributed by atoms with Gasteiger partial charge in [-0.05, 0) is 67.1 Å². The number of halogens is 1. The van der Waals surface area contributed by atoms with Crippen molar-refractivity contribution < 1.29 is 14.3 Å². The van der Waals surface area contributed by atoms with Gasteiger partial charge in [0.2, 0.25) is 5.91 Å². The van der Waals surface area contributed by atoms with Crippen LogP contribution in [0.4, 0.5) is 5.69 Å². The van der Waals surface area contributed by atoms with Gasteiger partial charge < -0.3 is 10.1 Å². The molecule has 5 nitrogen and oxygen atoms in total. The summed E-state index contributed by atoms with van der Waals surface area (Å²) in [6, 6.07) is 7.69. The van der Waals surface area contributed by atoms with E-state index in [2.05, 4.69) is 27.9 Å². The van der Waals surface area contributed by atoms with E-state index >= 15 is 0 Å². The number of hydrogen-bond donors (Lipinski definition) is 1. The molecule has 1 amide bonds. The first-order valence-corrected chi connectivity index (χ1v) is 8.60. The third-order valence-corrected chi connectivity index (χ3v) is 4.27. The third kappa shape index (κ3) is 5.24. The van der Waals surface area contributed by atoms with Crippen LogP contribution in [0.5, 0.6) is 0 Å². The van der Waals surface area contributed by atoms with E-state index in [9.17, 15) is 9.59 Å². The quantitative estimate of drug-likeness (QED) is 0.592. The van der Waals surface area contributed by atoms with Gasteiger partial charge in [0.1, 0.15) is 0 Å². The Morgan fingerprint density at radius 2 is 2.27 bits per heavy atom. The van der Waals surface area contributed by atoms with E-state index in [4.69, 9.17) is 4.74 Å². The Morgan fingerprint density at radius 3 is 3.00 bits per heavy atom. The zero-order valence-corrected chi connectivity index (χ0v) is 14.8. The predicted molar refractivity (Wildman–Crippen MR) is 93.6 cm³/mol. The molecule has 0 radical (unpaired) electrons. The maximum absolute atomic E-state index is 12.1. The molecule has 1 aromatic rings. The summed E-state index contributed by atoms with van der Waals surface area (Å²) in [6.07, 6.45) is 1.76. The second-order valence-electron chi connectivity index (χ2n) is 5.38.